The van der Waals surface area contributed by atoms with Crippen LogP contribution in [0.25, 0.3) is 0 Å². The van der Waals surface area contributed by atoms with Gasteiger partial charge in [-0.2, -0.15) is 0 Å². The molecule has 0 unspecified atom stereocenters. The Morgan fingerprint density at radius 3 is 2.67 bits per heavy atom. The minimum Gasteiger partial charge on any atom is -0.313 e. The molecule has 0 bridgehead atoms. The van der Waals surface area contributed by atoms with E-state index in [4.69, 9.17) is 0 Å². The molecule has 1 fully saturated rings. The average molecular weight is 286 g/mol. The number of fused-ring (bicyclic) bond motifs is 1. The van der Waals surface area contributed by atoms with Crippen LogP contribution in [0, 0.1) is 5.92 Å². The van der Waals surface area contributed by atoms with Gasteiger partial charge < -0.3 is 5.32 Å². The van der Waals surface area contributed by atoms with E-state index in [2.05, 4.69) is 41.4 Å². The zero-order valence-electron chi connectivity index (χ0n) is 13.5. The lowest BCUT2D eigenvalue weighted by Gasteiger charge is -2.28. The molecule has 2 heteroatoms. The predicted octanol–water partition coefficient (Wildman–Crippen LogP) is 3.60. The highest BCUT2D eigenvalue weighted by Gasteiger charge is 2.18. The SMILES string of the molecule is CC1CCC(NCCN2CCCc3ccccc3C2)CC1. The van der Waals surface area contributed by atoms with E-state index in [9.17, 15) is 0 Å². The Hall–Kier alpha value is -0.860. The van der Waals surface area contributed by atoms with Gasteiger partial charge in [-0.3, -0.25) is 4.90 Å². The molecule has 0 radical (unpaired) electrons. The fraction of sp³-hybridized carbons (Fsp3) is 0.684. The summed E-state index contributed by atoms with van der Waals surface area (Å²) in [4.78, 5) is 2.63. The Morgan fingerprint density at radius 2 is 1.86 bits per heavy atom. The zero-order chi connectivity index (χ0) is 14.5. The quantitative estimate of drug-likeness (QED) is 0.909. The molecule has 0 aromatic heterocycles. The second kappa shape index (κ2) is 7.42. The number of aryl methyl sites for hydroxylation is 1. The van der Waals surface area contributed by atoms with Crippen molar-refractivity contribution in [1.82, 2.24) is 10.2 Å². The number of nitrogens with one attached hydrogen (secondary N) is 1. The van der Waals surface area contributed by atoms with Gasteiger partial charge in [0.1, 0.15) is 0 Å². The summed E-state index contributed by atoms with van der Waals surface area (Å²) >= 11 is 0. The number of hydrogen-bond acceptors (Lipinski definition) is 2. The number of hydrogen-bond donors (Lipinski definition) is 1. The maximum Gasteiger partial charge on any atom is 0.0237 e. The molecule has 1 aromatic carbocycles. The monoisotopic (exact) mass is 286 g/mol. The van der Waals surface area contributed by atoms with E-state index in [0.717, 1.165) is 25.0 Å². The first kappa shape index (κ1) is 15.1. The van der Waals surface area contributed by atoms with Crippen LogP contribution in [-0.2, 0) is 13.0 Å². The molecule has 1 aromatic rings. The maximum absolute atomic E-state index is 3.79. The smallest absolute Gasteiger partial charge is 0.0237 e. The molecule has 1 heterocycles. The first-order valence-electron chi connectivity index (χ1n) is 8.84. The van der Waals surface area contributed by atoms with E-state index in [1.165, 1.54) is 51.6 Å². The molecule has 116 valence electrons. The molecule has 0 atom stereocenters. The summed E-state index contributed by atoms with van der Waals surface area (Å²) < 4.78 is 0. The van der Waals surface area contributed by atoms with Crippen LogP contribution in [0.4, 0.5) is 0 Å². The molecule has 0 amide bonds. The van der Waals surface area contributed by atoms with Gasteiger partial charge in [-0.05, 0) is 62.1 Å². The molecule has 2 aliphatic rings. The molecule has 1 aliphatic heterocycles. The fourth-order valence-electron chi connectivity index (χ4n) is 3.85. The lowest BCUT2D eigenvalue weighted by atomic mass is 9.87. The van der Waals surface area contributed by atoms with Gasteiger partial charge in [0.15, 0.2) is 0 Å². The van der Waals surface area contributed by atoms with Crippen LogP contribution >= 0.6 is 0 Å². The summed E-state index contributed by atoms with van der Waals surface area (Å²) in [6.07, 6.45) is 8.14. The average Bonchev–Trinajstić information content (AvgIpc) is 2.71. The molecular formula is C19H30N2. The maximum atomic E-state index is 3.79. The minimum absolute atomic E-state index is 0.778. The first-order valence-corrected chi connectivity index (χ1v) is 8.84. The molecule has 0 spiro atoms. The highest BCUT2D eigenvalue weighted by atomic mass is 15.1. The Labute approximate surface area is 129 Å². The predicted molar refractivity (Wildman–Crippen MR) is 89.5 cm³/mol. The van der Waals surface area contributed by atoms with Crippen LogP contribution in [-0.4, -0.2) is 30.6 Å². The molecule has 3 rings (SSSR count). The standard InChI is InChI=1S/C19H30N2/c1-16-8-10-19(11-9-16)20-12-14-21-13-4-7-17-5-2-3-6-18(17)15-21/h2-3,5-6,16,19-20H,4,7-15H2,1H3. The Balaban J connectivity index is 1.43. The van der Waals surface area contributed by atoms with E-state index >= 15 is 0 Å². The van der Waals surface area contributed by atoms with Crippen LogP contribution in [0.5, 0.6) is 0 Å². The van der Waals surface area contributed by atoms with Crippen molar-refractivity contribution in [2.45, 2.75) is 58.0 Å². The van der Waals surface area contributed by atoms with Crippen molar-refractivity contribution in [3.63, 3.8) is 0 Å². The molecule has 1 aliphatic carbocycles. The van der Waals surface area contributed by atoms with Crippen molar-refractivity contribution in [3.8, 4) is 0 Å². The second-order valence-corrected chi connectivity index (χ2v) is 7.06. The third kappa shape index (κ3) is 4.31. The Bertz CT molecular complexity index is 435. The lowest BCUT2D eigenvalue weighted by molar-refractivity contribution is 0.249. The molecule has 21 heavy (non-hydrogen) atoms. The topological polar surface area (TPSA) is 15.3 Å². The molecule has 1 saturated carbocycles. The summed E-state index contributed by atoms with van der Waals surface area (Å²) in [6, 6.07) is 9.76. The first-order chi connectivity index (χ1) is 10.3. The fourth-order valence-corrected chi connectivity index (χ4v) is 3.85. The number of nitrogens with zero attached hydrogens (tertiary/aromatic N) is 1. The van der Waals surface area contributed by atoms with Crippen molar-refractivity contribution in [2.24, 2.45) is 5.92 Å². The van der Waals surface area contributed by atoms with Crippen molar-refractivity contribution < 1.29 is 0 Å². The van der Waals surface area contributed by atoms with Gasteiger partial charge >= 0.3 is 0 Å². The summed E-state index contributed by atoms with van der Waals surface area (Å²) in [5, 5.41) is 3.79. The van der Waals surface area contributed by atoms with E-state index in [-0.39, 0.29) is 0 Å². The minimum atomic E-state index is 0.778. The van der Waals surface area contributed by atoms with E-state index < -0.39 is 0 Å². The van der Waals surface area contributed by atoms with Crippen LogP contribution in [0.15, 0.2) is 24.3 Å². The van der Waals surface area contributed by atoms with Gasteiger partial charge in [-0.1, -0.05) is 31.2 Å². The molecule has 2 nitrogen and oxygen atoms in total. The lowest BCUT2D eigenvalue weighted by Crippen LogP contribution is -2.38. The van der Waals surface area contributed by atoms with Crippen LogP contribution in [0.1, 0.15) is 50.2 Å². The van der Waals surface area contributed by atoms with Crippen molar-refractivity contribution in [2.75, 3.05) is 19.6 Å². The zero-order valence-corrected chi connectivity index (χ0v) is 13.5. The van der Waals surface area contributed by atoms with Crippen LogP contribution in [0.2, 0.25) is 0 Å². The van der Waals surface area contributed by atoms with Gasteiger partial charge in [0.25, 0.3) is 0 Å². The molecular weight excluding hydrogens is 256 g/mol. The van der Waals surface area contributed by atoms with Crippen molar-refractivity contribution >= 4 is 0 Å². The highest BCUT2D eigenvalue weighted by Crippen LogP contribution is 2.23. The number of benzene rings is 1. The second-order valence-electron chi connectivity index (χ2n) is 7.06. The Kier molecular flexibility index (Phi) is 5.32. The van der Waals surface area contributed by atoms with E-state index in [0.29, 0.717) is 0 Å². The van der Waals surface area contributed by atoms with Gasteiger partial charge in [-0.15, -0.1) is 0 Å². The normalized spacial score (nSPS) is 27.1. The molecule has 0 saturated heterocycles. The van der Waals surface area contributed by atoms with Crippen molar-refractivity contribution in [3.05, 3.63) is 35.4 Å². The van der Waals surface area contributed by atoms with Crippen LogP contribution in [0.3, 0.4) is 0 Å². The summed E-state index contributed by atoms with van der Waals surface area (Å²) in [7, 11) is 0. The van der Waals surface area contributed by atoms with Gasteiger partial charge in [0, 0.05) is 25.7 Å². The largest absolute Gasteiger partial charge is 0.313 e. The molecule has 1 N–H and O–H groups in total. The van der Waals surface area contributed by atoms with E-state index in [1.54, 1.807) is 11.1 Å². The van der Waals surface area contributed by atoms with Gasteiger partial charge in [0.05, 0.1) is 0 Å². The summed E-state index contributed by atoms with van der Waals surface area (Å²) in [6.45, 7) is 7.13. The Morgan fingerprint density at radius 1 is 1.10 bits per heavy atom. The third-order valence-corrected chi connectivity index (χ3v) is 5.31. The summed E-state index contributed by atoms with van der Waals surface area (Å²) in [5.74, 6) is 0.949. The number of rotatable bonds is 4. The van der Waals surface area contributed by atoms with Gasteiger partial charge in [-0.25, -0.2) is 0 Å². The highest BCUT2D eigenvalue weighted by molar-refractivity contribution is 5.27. The van der Waals surface area contributed by atoms with Gasteiger partial charge in [0.2, 0.25) is 0 Å². The van der Waals surface area contributed by atoms with Crippen LogP contribution < -0.4 is 5.32 Å². The van der Waals surface area contributed by atoms with Crippen molar-refractivity contribution in [1.29, 1.82) is 0 Å². The third-order valence-electron chi connectivity index (χ3n) is 5.31. The van der Waals surface area contributed by atoms with E-state index in [1.807, 2.05) is 0 Å². The summed E-state index contributed by atoms with van der Waals surface area (Å²) in [5.41, 5.74) is 3.11.